The lowest BCUT2D eigenvalue weighted by molar-refractivity contribution is 0.0927. The van der Waals surface area contributed by atoms with Gasteiger partial charge in [0.2, 0.25) is 0 Å². The second kappa shape index (κ2) is 10.0. The van der Waals surface area contributed by atoms with Gasteiger partial charge in [0.05, 0.1) is 6.04 Å². The Labute approximate surface area is 174 Å². The predicted octanol–water partition coefficient (Wildman–Crippen LogP) is 3.45. The number of carbonyl (C=O) groups is 1. The highest BCUT2D eigenvalue weighted by molar-refractivity contribution is 5.92. The third-order valence-corrected chi connectivity index (χ3v) is 6.25. The van der Waals surface area contributed by atoms with E-state index in [1.165, 1.54) is 5.56 Å². The number of rotatable bonds is 9. The topological polar surface area (TPSA) is 71.0 Å². The molecule has 6 heteroatoms. The fourth-order valence-electron chi connectivity index (χ4n) is 4.10. The van der Waals surface area contributed by atoms with Crippen molar-refractivity contribution in [3.05, 3.63) is 53.9 Å². The van der Waals surface area contributed by atoms with Crippen molar-refractivity contribution in [3.63, 3.8) is 0 Å². The lowest BCUT2D eigenvalue weighted by Gasteiger charge is -2.36. The van der Waals surface area contributed by atoms with Gasteiger partial charge in [-0.1, -0.05) is 44.2 Å². The quantitative estimate of drug-likeness (QED) is 0.606. The smallest absolute Gasteiger partial charge is 0.271 e. The van der Waals surface area contributed by atoms with Gasteiger partial charge >= 0.3 is 0 Å². The standard InChI is InChI=1S/C23H35N5O/c1-4-23(5-2,26-18(3)19-10-7-6-8-11-19)17-25-22(29)21-13-15-28(27-21)20-12-9-14-24-16-20/h6-8,10-11,13,15,18,20,24,26H,4-5,9,12,14,16-17H2,1-3H3,(H,25,29). The summed E-state index contributed by atoms with van der Waals surface area (Å²) in [6.07, 6.45) is 6.04. The van der Waals surface area contributed by atoms with Gasteiger partial charge in [-0.05, 0) is 50.8 Å². The molecule has 2 unspecified atom stereocenters. The van der Waals surface area contributed by atoms with Crippen LogP contribution in [0, 0.1) is 0 Å². The summed E-state index contributed by atoms with van der Waals surface area (Å²) in [4.78, 5) is 12.7. The van der Waals surface area contributed by atoms with Crippen LogP contribution < -0.4 is 16.0 Å². The number of amides is 1. The predicted molar refractivity (Wildman–Crippen MR) is 117 cm³/mol. The van der Waals surface area contributed by atoms with Crippen LogP contribution in [-0.2, 0) is 0 Å². The van der Waals surface area contributed by atoms with E-state index >= 15 is 0 Å². The number of carbonyl (C=O) groups excluding carboxylic acids is 1. The summed E-state index contributed by atoms with van der Waals surface area (Å²) in [6.45, 7) is 9.08. The number of piperidine rings is 1. The SMILES string of the molecule is CCC(CC)(CNC(=O)c1ccn(C2CCCNC2)n1)NC(C)c1ccccc1. The maximum absolute atomic E-state index is 12.7. The Morgan fingerprint density at radius 3 is 2.69 bits per heavy atom. The van der Waals surface area contributed by atoms with Crippen LogP contribution in [0.3, 0.4) is 0 Å². The van der Waals surface area contributed by atoms with Gasteiger partial charge in [-0.15, -0.1) is 0 Å². The number of aromatic nitrogens is 2. The molecule has 1 aliphatic rings. The summed E-state index contributed by atoms with van der Waals surface area (Å²) in [7, 11) is 0. The van der Waals surface area contributed by atoms with Crippen molar-refractivity contribution in [1.29, 1.82) is 0 Å². The van der Waals surface area contributed by atoms with Crippen molar-refractivity contribution < 1.29 is 4.79 Å². The molecule has 3 rings (SSSR count). The first kappa shape index (κ1) is 21.5. The Kier molecular flexibility index (Phi) is 7.45. The first-order valence-corrected chi connectivity index (χ1v) is 10.9. The van der Waals surface area contributed by atoms with Gasteiger partial charge in [-0.25, -0.2) is 0 Å². The van der Waals surface area contributed by atoms with E-state index in [0.717, 1.165) is 38.8 Å². The van der Waals surface area contributed by atoms with Crippen LogP contribution in [0.4, 0.5) is 0 Å². The molecule has 158 valence electrons. The summed E-state index contributed by atoms with van der Waals surface area (Å²) >= 11 is 0. The minimum absolute atomic E-state index is 0.104. The highest BCUT2D eigenvalue weighted by atomic mass is 16.1. The minimum Gasteiger partial charge on any atom is -0.349 e. The number of hydrogen-bond acceptors (Lipinski definition) is 4. The molecule has 1 aromatic heterocycles. The summed E-state index contributed by atoms with van der Waals surface area (Å²) in [5.74, 6) is -0.104. The second-order valence-corrected chi connectivity index (χ2v) is 8.13. The van der Waals surface area contributed by atoms with Crippen LogP contribution in [0.2, 0.25) is 0 Å². The normalized spacial score (nSPS) is 18.4. The van der Waals surface area contributed by atoms with E-state index in [2.05, 4.69) is 66.1 Å². The summed E-state index contributed by atoms with van der Waals surface area (Å²) in [5.41, 5.74) is 1.60. The Hall–Kier alpha value is -2.18. The zero-order chi connectivity index (χ0) is 20.7. The molecule has 2 atom stereocenters. The molecule has 1 amide bonds. The average molecular weight is 398 g/mol. The van der Waals surface area contributed by atoms with Crippen molar-refractivity contribution in [2.75, 3.05) is 19.6 Å². The third kappa shape index (κ3) is 5.46. The highest BCUT2D eigenvalue weighted by Crippen LogP contribution is 2.22. The number of hydrogen-bond donors (Lipinski definition) is 3. The summed E-state index contributed by atoms with van der Waals surface area (Å²) in [6, 6.07) is 12.8. The molecule has 0 radical (unpaired) electrons. The maximum Gasteiger partial charge on any atom is 0.271 e. The summed E-state index contributed by atoms with van der Waals surface area (Å²) in [5, 5.41) is 14.8. The van der Waals surface area contributed by atoms with E-state index in [4.69, 9.17) is 0 Å². The molecular weight excluding hydrogens is 362 g/mol. The minimum atomic E-state index is -0.152. The molecule has 0 spiro atoms. The van der Waals surface area contributed by atoms with Crippen LogP contribution >= 0.6 is 0 Å². The van der Waals surface area contributed by atoms with Crippen molar-refractivity contribution in [2.24, 2.45) is 0 Å². The van der Waals surface area contributed by atoms with Gasteiger partial charge in [0.1, 0.15) is 5.69 Å². The van der Waals surface area contributed by atoms with E-state index in [1.54, 1.807) is 0 Å². The van der Waals surface area contributed by atoms with Gasteiger partial charge in [0, 0.05) is 30.9 Å². The molecule has 3 N–H and O–H groups in total. The Bertz CT molecular complexity index is 763. The lowest BCUT2D eigenvalue weighted by atomic mass is 9.90. The van der Waals surface area contributed by atoms with Crippen LogP contribution in [0.1, 0.15) is 74.6 Å². The first-order valence-electron chi connectivity index (χ1n) is 10.9. The van der Waals surface area contributed by atoms with Crippen molar-refractivity contribution >= 4 is 5.91 Å². The van der Waals surface area contributed by atoms with Gasteiger partial charge in [-0.2, -0.15) is 5.10 Å². The van der Waals surface area contributed by atoms with Crippen molar-refractivity contribution in [2.45, 2.75) is 64.1 Å². The molecule has 2 heterocycles. The monoisotopic (exact) mass is 397 g/mol. The maximum atomic E-state index is 12.7. The molecule has 0 bridgehead atoms. The van der Waals surface area contributed by atoms with E-state index in [0.29, 0.717) is 18.3 Å². The van der Waals surface area contributed by atoms with Crippen LogP contribution in [0.15, 0.2) is 42.6 Å². The molecule has 0 saturated carbocycles. The zero-order valence-corrected chi connectivity index (χ0v) is 17.9. The summed E-state index contributed by atoms with van der Waals surface area (Å²) < 4.78 is 1.93. The fourth-order valence-corrected chi connectivity index (χ4v) is 4.10. The number of benzene rings is 1. The fraction of sp³-hybridized carbons (Fsp3) is 0.565. The number of nitrogens with one attached hydrogen (secondary N) is 3. The van der Waals surface area contributed by atoms with Crippen molar-refractivity contribution in [1.82, 2.24) is 25.7 Å². The second-order valence-electron chi connectivity index (χ2n) is 8.13. The molecule has 1 aromatic carbocycles. The van der Waals surface area contributed by atoms with Gasteiger partial charge in [-0.3, -0.25) is 9.48 Å². The average Bonchev–Trinajstić information content (AvgIpc) is 3.28. The Morgan fingerprint density at radius 2 is 2.03 bits per heavy atom. The van der Waals surface area contributed by atoms with Crippen molar-refractivity contribution in [3.8, 4) is 0 Å². The Balaban J connectivity index is 1.60. The van der Waals surface area contributed by atoms with Gasteiger partial charge in [0.25, 0.3) is 5.91 Å². The molecule has 1 saturated heterocycles. The third-order valence-electron chi connectivity index (χ3n) is 6.25. The van der Waals surface area contributed by atoms with E-state index in [1.807, 2.05) is 23.0 Å². The molecule has 29 heavy (non-hydrogen) atoms. The molecule has 1 aliphatic heterocycles. The van der Waals surface area contributed by atoms with E-state index in [-0.39, 0.29) is 17.5 Å². The molecule has 6 nitrogen and oxygen atoms in total. The lowest BCUT2D eigenvalue weighted by Crippen LogP contribution is -2.53. The van der Waals surface area contributed by atoms with Gasteiger partial charge in [0.15, 0.2) is 0 Å². The number of nitrogens with zero attached hydrogens (tertiary/aromatic N) is 2. The first-order chi connectivity index (χ1) is 14.1. The van der Waals surface area contributed by atoms with Crippen LogP contribution in [0.25, 0.3) is 0 Å². The van der Waals surface area contributed by atoms with Crippen LogP contribution in [-0.4, -0.2) is 40.9 Å². The van der Waals surface area contributed by atoms with Crippen LogP contribution in [0.5, 0.6) is 0 Å². The van der Waals surface area contributed by atoms with E-state index in [9.17, 15) is 4.79 Å². The molecule has 0 aliphatic carbocycles. The molecular formula is C23H35N5O. The zero-order valence-electron chi connectivity index (χ0n) is 17.9. The van der Waals surface area contributed by atoms with Gasteiger partial charge < -0.3 is 16.0 Å². The molecule has 1 fully saturated rings. The van der Waals surface area contributed by atoms with E-state index < -0.39 is 0 Å². The Morgan fingerprint density at radius 1 is 1.28 bits per heavy atom. The molecule has 2 aromatic rings. The largest absolute Gasteiger partial charge is 0.349 e. The highest BCUT2D eigenvalue weighted by Gasteiger charge is 2.29.